The van der Waals surface area contributed by atoms with Gasteiger partial charge in [-0.2, -0.15) is 13.2 Å². The molecule has 1 aromatic carbocycles. The summed E-state index contributed by atoms with van der Waals surface area (Å²) in [5.41, 5.74) is -0.156. The Bertz CT molecular complexity index is 505. The van der Waals surface area contributed by atoms with Gasteiger partial charge in [-0.05, 0) is 36.6 Å². The van der Waals surface area contributed by atoms with Gasteiger partial charge in [0.15, 0.2) is 0 Å². The van der Waals surface area contributed by atoms with E-state index in [0.29, 0.717) is 5.69 Å². The third kappa shape index (κ3) is 3.04. The standard InChI is InChI=1S/C13H12F3NS/c1-9(12-6-3-7-18-12)17-11-5-2-4-10(8-11)13(14,15)16/h2-9,17H,1H3. The molecule has 96 valence electrons. The van der Waals surface area contributed by atoms with Crippen molar-refractivity contribution in [2.75, 3.05) is 5.32 Å². The van der Waals surface area contributed by atoms with Crippen molar-refractivity contribution in [3.8, 4) is 0 Å². The predicted octanol–water partition coefficient (Wildman–Crippen LogP) is 4.94. The second-order valence-corrected chi connectivity index (χ2v) is 4.94. The van der Waals surface area contributed by atoms with Gasteiger partial charge in [0.05, 0.1) is 11.6 Å². The summed E-state index contributed by atoms with van der Waals surface area (Å²) in [5.74, 6) is 0. The van der Waals surface area contributed by atoms with E-state index in [1.807, 2.05) is 24.4 Å². The van der Waals surface area contributed by atoms with Gasteiger partial charge in [-0.15, -0.1) is 11.3 Å². The van der Waals surface area contributed by atoms with Gasteiger partial charge in [-0.1, -0.05) is 12.1 Å². The van der Waals surface area contributed by atoms with Crippen LogP contribution in [0.25, 0.3) is 0 Å². The summed E-state index contributed by atoms with van der Waals surface area (Å²) >= 11 is 1.58. The molecule has 1 N–H and O–H groups in total. The molecule has 0 aliphatic carbocycles. The molecule has 0 amide bonds. The third-order valence-electron chi connectivity index (χ3n) is 2.54. The molecule has 1 nitrogen and oxygen atoms in total. The van der Waals surface area contributed by atoms with E-state index < -0.39 is 11.7 Å². The Morgan fingerprint density at radius 2 is 1.94 bits per heavy atom. The predicted molar refractivity (Wildman–Crippen MR) is 67.8 cm³/mol. The SMILES string of the molecule is CC(Nc1cccc(C(F)(F)F)c1)c1cccs1. The van der Waals surface area contributed by atoms with Gasteiger partial charge in [-0.3, -0.25) is 0 Å². The van der Waals surface area contributed by atoms with Crippen molar-refractivity contribution in [3.63, 3.8) is 0 Å². The van der Waals surface area contributed by atoms with Crippen molar-refractivity contribution in [2.24, 2.45) is 0 Å². The van der Waals surface area contributed by atoms with Crippen LogP contribution >= 0.6 is 11.3 Å². The van der Waals surface area contributed by atoms with Crippen LogP contribution in [-0.4, -0.2) is 0 Å². The second kappa shape index (κ2) is 5.02. The Hall–Kier alpha value is -1.49. The molecule has 1 unspecified atom stereocenters. The van der Waals surface area contributed by atoms with E-state index in [9.17, 15) is 13.2 Å². The van der Waals surface area contributed by atoms with Gasteiger partial charge in [0.25, 0.3) is 0 Å². The summed E-state index contributed by atoms with van der Waals surface area (Å²) < 4.78 is 37.7. The van der Waals surface area contributed by atoms with Gasteiger partial charge in [0.1, 0.15) is 0 Å². The Kier molecular flexibility index (Phi) is 3.61. The van der Waals surface area contributed by atoms with Crippen molar-refractivity contribution in [3.05, 3.63) is 52.2 Å². The highest BCUT2D eigenvalue weighted by molar-refractivity contribution is 7.10. The van der Waals surface area contributed by atoms with Crippen LogP contribution in [0.3, 0.4) is 0 Å². The number of halogens is 3. The van der Waals surface area contributed by atoms with Crippen molar-refractivity contribution in [2.45, 2.75) is 19.1 Å². The maximum absolute atomic E-state index is 12.6. The minimum atomic E-state index is -4.30. The molecule has 18 heavy (non-hydrogen) atoms. The zero-order chi connectivity index (χ0) is 13.2. The number of thiophene rings is 1. The molecule has 0 bridgehead atoms. The highest BCUT2D eigenvalue weighted by atomic mass is 32.1. The molecule has 0 fully saturated rings. The fraction of sp³-hybridized carbons (Fsp3) is 0.231. The lowest BCUT2D eigenvalue weighted by atomic mass is 10.1. The topological polar surface area (TPSA) is 12.0 Å². The first-order chi connectivity index (χ1) is 8.47. The summed E-state index contributed by atoms with van der Waals surface area (Å²) in [6.45, 7) is 1.92. The molecule has 1 heterocycles. The zero-order valence-electron chi connectivity index (χ0n) is 9.66. The summed E-state index contributed by atoms with van der Waals surface area (Å²) in [5, 5.41) is 5.01. The van der Waals surface area contributed by atoms with Crippen molar-refractivity contribution in [1.29, 1.82) is 0 Å². The van der Waals surface area contributed by atoms with E-state index in [-0.39, 0.29) is 6.04 Å². The number of hydrogen-bond acceptors (Lipinski definition) is 2. The van der Waals surface area contributed by atoms with Crippen LogP contribution < -0.4 is 5.32 Å². The summed E-state index contributed by atoms with van der Waals surface area (Å²) in [6, 6.07) is 9.12. The van der Waals surface area contributed by atoms with Crippen LogP contribution in [0, 0.1) is 0 Å². The van der Waals surface area contributed by atoms with Crippen LogP contribution in [-0.2, 0) is 6.18 Å². The Morgan fingerprint density at radius 3 is 2.56 bits per heavy atom. The number of nitrogens with one attached hydrogen (secondary N) is 1. The maximum atomic E-state index is 12.6. The summed E-state index contributed by atoms with van der Waals surface area (Å²) in [7, 11) is 0. The first-order valence-electron chi connectivity index (χ1n) is 5.44. The average molecular weight is 271 g/mol. The fourth-order valence-electron chi connectivity index (χ4n) is 1.64. The highest BCUT2D eigenvalue weighted by Gasteiger charge is 2.30. The monoisotopic (exact) mass is 271 g/mol. The first kappa shape index (κ1) is 13.0. The average Bonchev–Trinajstić information content (AvgIpc) is 2.81. The second-order valence-electron chi connectivity index (χ2n) is 3.96. The van der Waals surface area contributed by atoms with Gasteiger partial charge >= 0.3 is 6.18 Å². The number of benzene rings is 1. The van der Waals surface area contributed by atoms with Gasteiger partial charge in [0, 0.05) is 10.6 Å². The Balaban J connectivity index is 2.15. The molecule has 1 aromatic heterocycles. The molecule has 0 radical (unpaired) electrons. The first-order valence-corrected chi connectivity index (χ1v) is 6.32. The van der Waals surface area contributed by atoms with E-state index in [1.165, 1.54) is 6.07 Å². The normalized spacial score (nSPS) is 13.3. The van der Waals surface area contributed by atoms with E-state index in [4.69, 9.17) is 0 Å². The number of rotatable bonds is 3. The fourth-order valence-corrected chi connectivity index (χ4v) is 2.38. The number of anilines is 1. The van der Waals surface area contributed by atoms with Crippen LogP contribution in [0.5, 0.6) is 0 Å². The minimum absolute atomic E-state index is 0.00603. The lowest BCUT2D eigenvalue weighted by Crippen LogP contribution is -2.08. The molecule has 0 saturated carbocycles. The van der Waals surface area contributed by atoms with Crippen LogP contribution in [0.4, 0.5) is 18.9 Å². The molecule has 1 atom stereocenters. The van der Waals surface area contributed by atoms with Crippen LogP contribution in [0.1, 0.15) is 23.4 Å². The molecule has 5 heteroatoms. The lowest BCUT2D eigenvalue weighted by Gasteiger charge is -2.15. The van der Waals surface area contributed by atoms with E-state index in [1.54, 1.807) is 17.4 Å². The largest absolute Gasteiger partial charge is 0.416 e. The van der Waals surface area contributed by atoms with Crippen LogP contribution in [0.2, 0.25) is 0 Å². The third-order valence-corrected chi connectivity index (χ3v) is 3.60. The van der Waals surface area contributed by atoms with Crippen molar-refractivity contribution >= 4 is 17.0 Å². The number of hydrogen-bond donors (Lipinski definition) is 1. The Labute approximate surface area is 107 Å². The maximum Gasteiger partial charge on any atom is 0.416 e. The molecule has 0 spiro atoms. The van der Waals surface area contributed by atoms with E-state index in [0.717, 1.165) is 17.0 Å². The van der Waals surface area contributed by atoms with E-state index in [2.05, 4.69) is 5.32 Å². The van der Waals surface area contributed by atoms with Gasteiger partial charge in [-0.25, -0.2) is 0 Å². The highest BCUT2D eigenvalue weighted by Crippen LogP contribution is 2.31. The zero-order valence-corrected chi connectivity index (χ0v) is 10.5. The smallest absolute Gasteiger partial charge is 0.378 e. The quantitative estimate of drug-likeness (QED) is 0.833. The molecule has 0 aliphatic rings. The molecule has 0 saturated heterocycles. The molecular weight excluding hydrogens is 259 g/mol. The number of alkyl halides is 3. The summed E-state index contributed by atoms with van der Waals surface area (Å²) in [4.78, 5) is 1.09. The van der Waals surface area contributed by atoms with Gasteiger partial charge in [0.2, 0.25) is 0 Å². The summed E-state index contributed by atoms with van der Waals surface area (Å²) in [6.07, 6.45) is -4.30. The van der Waals surface area contributed by atoms with Gasteiger partial charge < -0.3 is 5.32 Å². The van der Waals surface area contributed by atoms with Crippen molar-refractivity contribution in [1.82, 2.24) is 0 Å². The molecular formula is C13H12F3NS. The molecule has 0 aliphatic heterocycles. The lowest BCUT2D eigenvalue weighted by molar-refractivity contribution is -0.137. The molecule has 2 aromatic rings. The van der Waals surface area contributed by atoms with Crippen LogP contribution in [0.15, 0.2) is 41.8 Å². The minimum Gasteiger partial charge on any atom is -0.378 e. The Morgan fingerprint density at radius 1 is 1.17 bits per heavy atom. The molecule has 2 rings (SSSR count). The van der Waals surface area contributed by atoms with E-state index >= 15 is 0 Å². The van der Waals surface area contributed by atoms with Crippen molar-refractivity contribution < 1.29 is 13.2 Å².